The van der Waals surface area contributed by atoms with E-state index in [1.54, 1.807) is 6.07 Å². The van der Waals surface area contributed by atoms with Crippen molar-refractivity contribution in [1.29, 1.82) is 0 Å². The third kappa shape index (κ3) is 4.52. The maximum atomic E-state index is 12.4. The van der Waals surface area contributed by atoms with E-state index in [9.17, 15) is 4.79 Å². The van der Waals surface area contributed by atoms with E-state index in [0.29, 0.717) is 16.4 Å². The molecule has 0 aromatic heterocycles. The van der Waals surface area contributed by atoms with E-state index in [4.69, 9.17) is 5.11 Å². The van der Waals surface area contributed by atoms with Crippen molar-refractivity contribution in [1.82, 2.24) is 5.32 Å². The van der Waals surface area contributed by atoms with Crippen LogP contribution in [-0.2, 0) is 0 Å². The third-order valence-corrected chi connectivity index (χ3v) is 4.86. The van der Waals surface area contributed by atoms with Gasteiger partial charge in [-0.3, -0.25) is 4.79 Å². The number of thioether (sulfide) groups is 1. The Morgan fingerprint density at radius 3 is 3.00 bits per heavy atom. The first-order valence-electron chi connectivity index (χ1n) is 7.27. The highest BCUT2D eigenvalue weighted by molar-refractivity contribution is 7.99. The largest absolute Gasteiger partial charge is 0.384 e. The van der Waals surface area contributed by atoms with Crippen molar-refractivity contribution in [3.05, 3.63) is 35.4 Å². The van der Waals surface area contributed by atoms with Gasteiger partial charge in [0.15, 0.2) is 0 Å². The molecular weight excluding hydrogens is 282 g/mol. The molecule has 3 nitrogen and oxygen atoms in total. The number of rotatable bonds is 3. The second-order valence-electron chi connectivity index (χ2n) is 5.20. The molecule has 21 heavy (non-hydrogen) atoms. The van der Waals surface area contributed by atoms with E-state index < -0.39 is 0 Å². The Hall–Kier alpha value is -1.44. The Kier molecular flexibility index (Phi) is 6.16. The number of carbonyl (C=O) groups excluding carboxylic acids is 1. The zero-order valence-corrected chi connectivity index (χ0v) is 13.1. The first-order chi connectivity index (χ1) is 10.2. The van der Waals surface area contributed by atoms with Gasteiger partial charge in [-0.1, -0.05) is 30.4 Å². The van der Waals surface area contributed by atoms with Crippen LogP contribution in [0, 0.1) is 11.8 Å². The summed E-state index contributed by atoms with van der Waals surface area (Å²) in [5.41, 5.74) is 1.26. The number of hydrogen-bond donors (Lipinski definition) is 2. The molecule has 2 N–H and O–H groups in total. The zero-order chi connectivity index (χ0) is 15.1. The van der Waals surface area contributed by atoms with E-state index in [-0.39, 0.29) is 18.6 Å². The zero-order valence-electron chi connectivity index (χ0n) is 12.3. The van der Waals surface area contributed by atoms with Crippen molar-refractivity contribution in [2.75, 3.05) is 12.9 Å². The maximum absolute atomic E-state index is 12.4. The molecule has 1 aromatic carbocycles. The molecule has 2 atom stereocenters. The molecule has 0 aliphatic heterocycles. The summed E-state index contributed by atoms with van der Waals surface area (Å²) in [6.07, 6.45) is 6.63. The van der Waals surface area contributed by atoms with Gasteiger partial charge in [0, 0.05) is 16.9 Å². The molecule has 4 heteroatoms. The normalized spacial score (nSPS) is 21.2. The molecular formula is C17H21NO2S. The number of benzene rings is 1. The number of amides is 1. The maximum Gasteiger partial charge on any atom is 0.252 e. The van der Waals surface area contributed by atoms with E-state index in [0.717, 1.165) is 12.8 Å². The van der Waals surface area contributed by atoms with Crippen LogP contribution in [0.2, 0.25) is 0 Å². The minimum absolute atomic E-state index is 0.0652. The average Bonchev–Trinajstić information content (AvgIpc) is 2.53. The van der Waals surface area contributed by atoms with E-state index in [1.165, 1.54) is 12.8 Å². The molecule has 2 rings (SSSR count). The summed E-state index contributed by atoms with van der Waals surface area (Å²) < 4.78 is 0. The second kappa shape index (κ2) is 8.11. The van der Waals surface area contributed by atoms with Crippen molar-refractivity contribution in [3.63, 3.8) is 0 Å². The van der Waals surface area contributed by atoms with Crippen molar-refractivity contribution in [2.24, 2.45) is 0 Å². The van der Waals surface area contributed by atoms with Crippen molar-refractivity contribution in [2.45, 2.75) is 37.0 Å². The monoisotopic (exact) mass is 303 g/mol. The molecule has 0 bridgehead atoms. The number of aliphatic hydroxyl groups excluding tert-OH is 1. The van der Waals surface area contributed by atoms with Gasteiger partial charge >= 0.3 is 0 Å². The Morgan fingerprint density at radius 1 is 1.43 bits per heavy atom. The fourth-order valence-electron chi connectivity index (χ4n) is 2.68. The summed E-state index contributed by atoms with van der Waals surface area (Å²) in [4.78, 5) is 12.4. The van der Waals surface area contributed by atoms with E-state index >= 15 is 0 Å². The van der Waals surface area contributed by atoms with Gasteiger partial charge in [-0.05, 0) is 37.7 Å². The van der Waals surface area contributed by atoms with Crippen LogP contribution in [0.25, 0.3) is 0 Å². The van der Waals surface area contributed by atoms with Crippen molar-refractivity contribution in [3.8, 4) is 11.8 Å². The van der Waals surface area contributed by atoms with E-state index in [2.05, 4.69) is 23.4 Å². The molecule has 1 fully saturated rings. The lowest BCUT2D eigenvalue weighted by Crippen LogP contribution is -2.39. The highest BCUT2D eigenvalue weighted by atomic mass is 32.2. The first kappa shape index (κ1) is 15.9. The summed E-state index contributed by atoms with van der Waals surface area (Å²) in [5, 5.41) is 12.6. The van der Waals surface area contributed by atoms with Crippen LogP contribution in [0.3, 0.4) is 0 Å². The topological polar surface area (TPSA) is 49.3 Å². The minimum Gasteiger partial charge on any atom is -0.384 e. The summed E-state index contributed by atoms with van der Waals surface area (Å²) in [6.45, 7) is -0.200. The molecule has 1 amide bonds. The Morgan fingerprint density at radius 2 is 2.24 bits per heavy atom. The van der Waals surface area contributed by atoms with Crippen LogP contribution in [0.5, 0.6) is 0 Å². The van der Waals surface area contributed by atoms with Crippen LogP contribution < -0.4 is 5.32 Å². The smallest absolute Gasteiger partial charge is 0.252 e. The molecule has 2 unspecified atom stereocenters. The van der Waals surface area contributed by atoms with Crippen molar-refractivity contribution >= 4 is 17.7 Å². The van der Waals surface area contributed by atoms with Crippen LogP contribution in [-0.4, -0.2) is 35.2 Å². The predicted octanol–water partition coefficient (Wildman–Crippen LogP) is 2.43. The molecule has 1 saturated carbocycles. The van der Waals surface area contributed by atoms with Gasteiger partial charge in [-0.2, -0.15) is 11.8 Å². The summed E-state index contributed by atoms with van der Waals surface area (Å²) in [6, 6.07) is 7.53. The SMILES string of the molecule is CSC1CCCC(NC(=O)c2ccccc2C#CCO)C1. The molecule has 1 aromatic rings. The van der Waals surface area contributed by atoms with Crippen LogP contribution in [0.1, 0.15) is 41.6 Å². The average molecular weight is 303 g/mol. The van der Waals surface area contributed by atoms with E-state index in [1.807, 2.05) is 30.0 Å². The minimum atomic E-state index is -0.200. The standard InChI is InChI=1S/C17H21NO2S/c1-21-15-9-4-8-14(12-15)18-17(20)16-10-3-2-6-13(16)7-5-11-19/h2-3,6,10,14-15,19H,4,8-9,11-12H2,1H3,(H,18,20). The quantitative estimate of drug-likeness (QED) is 0.843. The second-order valence-corrected chi connectivity index (χ2v) is 6.34. The number of nitrogens with one attached hydrogen (secondary N) is 1. The number of carbonyl (C=O) groups is 1. The fraction of sp³-hybridized carbons (Fsp3) is 0.471. The van der Waals surface area contributed by atoms with Crippen LogP contribution in [0.4, 0.5) is 0 Å². The first-order valence-corrected chi connectivity index (χ1v) is 8.55. The molecule has 1 aliphatic rings. The summed E-state index contributed by atoms with van der Waals surface area (Å²) >= 11 is 1.89. The lowest BCUT2D eigenvalue weighted by Gasteiger charge is -2.28. The van der Waals surface area contributed by atoms with Crippen molar-refractivity contribution < 1.29 is 9.90 Å². The lowest BCUT2D eigenvalue weighted by atomic mass is 9.94. The summed E-state index contributed by atoms with van der Waals surface area (Å²) in [5.74, 6) is 5.37. The Bertz CT molecular complexity index is 547. The molecule has 0 radical (unpaired) electrons. The van der Waals surface area contributed by atoms with Gasteiger partial charge in [0.2, 0.25) is 0 Å². The highest BCUT2D eigenvalue weighted by Gasteiger charge is 2.23. The molecule has 0 saturated heterocycles. The third-order valence-electron chi connectivity index (χ3n) is 3.77. The van der Waals surface area contributed by atoms with Crippen LogP contribution in [0.15, 0.2) is 24.3 Å². The van der Waals surface area contributed by atoms with Gasteiger partial charge in [-0.15, -0.1) is 0 Å². The highest BCUT2D eigenvalue weighted by Crippen LogP contribution is 2.27. The number of aliphatic hydroxyl groups is 1. The van der Waals surface area contributed by atoms with Gasteiger partial charge in [-0.25, -0.2) is 0 Å². The Labute approximate surface area is 130 Å². The lowest BCUT2D eigenvalue weighted by molar-refractivity contribution is 0.0928. The fourth-order valence-corrected chi connectivity index (χ4v) is 3.51. The van der Waals surface area contributed by atoms with Gasteiger partial charge in [0.05, 0.1) is 5.56 Å². The molecule has 0 heterocycles. The predicted molar refractivity (Wildman–Crippen MR) is 87.4 cm³/mol. The summed E-state index contributed by atoms with van der Waals surface area (Å²) in [7, 11) is 0. The van der Waals surface area contributed by atoms with Crippen LogP contribution >= 0.6 is 11.8 Å². The van der Waals surface area contributed by atoms with Gasteiger partial charge in [0.1, 0.15) is 6.61 Å². The molecule has 0 spiro atoms. The molecule has 112 valence electrons. The number of hydrogen-bond acceptors (Lipinski definition) is 3. The van der Waals surface area contributed by atoms with Gasteiger partial charge < -0.3 is 10.4 Å². The van der Waals surface area contributed by atoms with Gasteiger partial charge in [0.25, 0.3) is 5.91 Å². The molecule has 1 aliphatic carbocycles. The Balaban J connectivity index is 2.06.